The van der Waals surface area contributed by atoms with Crippen molar-refractivity contribution in [3.8, 4) is 17.1 Å². The standard InChI is InChI=1S/C19H17N5O/c25-15-8-6-13(7-9-15)10-11-20-18-16-19(22-12-21-16)24-17(23-18)14-4-2-1-3-5-14/h1-9,12,25H,10-11H2,(H2,20,21,22,23,24). The maximum absolute atomic E-state index is 9.35. The Morgan fingerprint density at radius 2 is 1.76 bits per heavy atom. The lowest BCUT2D eigenvalue weighted by Gasteiger charge is -2.09. The molecule has 0 radical (unpaired) electrons. The summed E-state index contributed by atoms with van der Waals surface area (Å²) in [6.45, 7) is 0.712. The molecule has 2 aromatic carbocycles. The number of rotatable bonds is 5. The molecular formula is C19H17N5O. The van der Waals surface area contributed by atoms with Gasteiger partial charge in [0.15, 0.2) is 17.3 Å². The van der Waals surface area contributed by atoms with Gasteiger partial charge in [-0.15, -0.1) is 0 Å². The molecule has 0 unspecified atom stereocenters. The summed E-state index contributed by atoms with van der Waals surface area (Å²) in [6.07, 6.45) is 2.44. The third-order valence-electron chi connectivity index (χ3n) is 3.96. The number of fused-ring (bicyclic) bond motifs is 1. The zero-order chi connectivity index (χ0) is 17.1. The summed E-state index contributed by atoms with van der Waals surface area (Å²) >= 11 is 0. The van der Waals surface area contributed by atoms with E-state index in [9.17, 15) is 5.11 Å². The van der Waals surface area contributed by atoms with Gasteiger partial charge in [0.05, 0.1) is 6.33 Å². The molecule has 3 N–H and O–H groups in total. The number of nitrogens with one attached hydrogen (secondary N) is 2. The fraction of sp³-hybridized carbons (Fsp3) is 0.105. The lowest BCUT2D eigenvalue weighted by molar-refractivity contribution is 0.475. The van der Waals surface area contributed by atoms with Gasteiger partial charge < -0.3 is 15.4 Å². The van der Waals surface area contributed by atoms with Crippen LogP contribution < -0.4 is 5.32 Å². The molecule has 0 saturated heterocycles. The first-order valence-corrected chi connectivity index (χ1v) is 8.08. The van der Waals surface area contributed by atoms with Crippen molar-refractivity contribution in [2.45, 2.75) is 6.42 Å². The van der Waals surface area contributed by atoms with Crippen LogP contribution in [0, 0.1) is 0 Å². The number of aromatic hydroxyl groups is 1. The molecule has 0 atom stereocenters. The first-order valence-electron chi connectivity index (χ1n) is 8.08. The second-order valence-corrected chi connectivity index (χ2v) is 5.71. The smallest absolute Gasteiger partial charge is 0.183 e. The number of H-pyrrole nitrogens is 1. The van der Waals surface area contributed by atoms with Crippen LogP contribution in [0.25, 0.3) is 22.6 Å². The van der Waals surface area contributed by atoms with E-state index in [0.29, 0.717) is 18.0 Å². The van der Waals surface area contributed by atoms with Gasteiger partial charge >= 0.3 is 0 Å². The fourth-order valence-corrected chi connectivity index (χ4v) is 2.67. The highest BCUT2D eigenvalue weighted by Gasteiger charge is 2.11. The molecule has 0 aliphatic heterocycles. The Bertz CT molecular complexity index is 980. The van der Waals surface area contributed by atoms with Gasteiger partial charge in [0.25, 0.3) is 0 Å². The predicted octanol–water partition coefficient (Wildman–Crippen LogP) is 3.38. The average molecular weight is 331 g/mol. The maximum atomic E-state index is 9.35. The summed E-state index contributed by atoms with van der Waals surface area (Å²) in [5, 5.41) is 12.7. The maximum Gasteiger partial charge on any atom is 0.183 e. The third kappa shape index (κ3) is 3.28. The van der Waals surface area contributed by atoms with Crippen molar-refractivity contribution < 1.29 is 5.11 Å². The first kappa shape index (κ1) is 15.1. The number of benzene rings is 2. The Kier molecular flexibility index (Phi) is 4.00. The molecule has 0 amide bonds. The number of phenols is 1. The van der Waals surface area contributed by atoms with Gasteiger partial charge in [-0.05, 0) is 24.1 Å². The van der Waals surface area contributed by atoms with Crippen LogP contribution in [-0.2, 0) is 6.42 Å². The van der Waals surface area contributed by atoms with Gasteiger partial charge in [0.1, 0.15) is 11.3 Å². The fourth-order valence-electron chi connectivity index (χ4n) is 2.67. The minimum Gasteiger partial charge on any atom is -0.508 e. The summed E-state index contributed by atoms with van der Waals surface area (Å²) in [5.74, 6) is 1.66. The topological polar surface area (TPSA) is 86.7 Å². The van der Waals surface area contributed by atoms with Crippen molar-refractivity contribution in [1.82, 2.24) is 19.9 Å². The normalized spacial score (nSPS) is 10.9. The van der Waals surface area contributed by atoms with E-state index >= 15 is 0 Å². The number of nitrogens with zero attached hydrogens (tertiary/aromatic N) is 3. The molecule has 0 bridgehead atoms. The van der Waals surface area contributed by atoms with E-state index in [4.69, 9.17) is 0 Å². The van der Waals surface area contributed by atoms with Crippen molar-refractivity contribution >= 4 is 17.0 Å². The Hall–Kier alpha value is -3.41. The molecule has 0 aliphatic rings. The number of aromatic amines is 1. The predicted molar refractivity (Wildman–Crippen MR) is 97.4 cm³/mol. The van der Waals surface area contributed by atoms with Gasteiger partial charge in [-0.3, -0.25) is 0 Å². The van der Waals surface area contributed by atoms with Crippen LogP contribution in [0.3, 0.4) is 0 Å². The largest absolute Gasteiger partial charge is 0.508 e. The second kappa shape index (κ2) is 6.60. The number of imidazole rings is 1. The van der Waals surface area contributed by atoms with Crippen LogP contribution >= 0.6 is 0 Å². The summed E-state index contributed by atoms with van der Waals surface area (Å²) in [7, 11) is 0. The summed E-state index contributed by atoms with van der Waals surface area (Å²) in [4.78, 5) is 16.5. The van der Waals surface area contributed by atoms with Gasteiger partial charge in [0.2, 0.25) is 0 Å². The highest BCUT2D eigenvalue weighted by molar-refractivity contribution is 5.84. The Balaban J connectivity index is 1.58. The number of anilines is 1. The Labute approximate surface area is 144 Å². The summed E-state index contributed by atoms with van der Waals surface area (Å²) < 4.78 is 0. The zero-order valence-electron chi connectivity index (χ0n) is 13.5. The van der Waals surface area contributed by atoms with E-state index in [-0.39, 0.29) is 5.75 Å². The summed E-state index contributed by atoms with van der Waals surface area (Å²) in [5.41, 5.74) is 3.53. The van der Waals surface area contributed by atoms with Crippen LogP contribution in [0.1, 0.15) is 5.56 Å². The van der Waals surface area contributed by atoms with Crippen molar-refractivity contribution in [2.75, 3.05) is 11.9 Å². The highest BCUT2D eigenvalue weighted by atomic mass is 16.3. The van der Waals surface area contributed by atoms with Gasteiger partial charge in [0, 0.05) is 12.1 Å². The molecule has 0 saturated carbocycles. The second-order valence-electron chi connectivity index (χ2n) is 5.71. The molecule has 2 aromatic heterocycles. The lowest BCUT2D eigenvalue weighted by Crippen LogP contribution is -2.08. The van der Waals surface area contributed by atoms with Crippen molar-refractivity contribution in [2.24, 2.45) is 0 Å². The van der Waals surface area contributed by atoms with Gasteiger partial charge in [-0.2, -0.15) is 0 Å². The molecule has 0 aliphatic carbocycles. The molecular weight excluding hydrogens is 314 g/mol. The molecule has 124 valence electrons. The van der Waals surface area contributed by atoms with Gasteiger partial charge in [-0.1, -0.05) is 42.5 Å². The minimum atomic E-state index is 0.277. The van der Waals surface area contributed by atoms with Crippen LogP contribution in [0.4, 0.5) is 5.82 Å². The Morgan fingerprint density at radius 1 is 0.960 bits per heavy atom. The quantitative estimate of drug-likeness (QED) is 0.522. The molecule has 2 heterocycles. The third-order valence-corrected chi connectivity index (χ3v) is 3.96. The van der Waals surface area contributed by atoms with E-state index in [2.05, 4.69) is 25.3 Å². The number of aromatic nitrogens is 4. The van der Waals surface area contributed by atoms with Crippen LogP contribution in [0.15, 0.2) is 60.9 Å². The van der Waals surface area contributed by atoms with Crippen molar-refractivity contribution in [3.05, 3.63) is 66.5 Å². The van der Waals surface area contributed by atoms with E-state index in [1.807, 2.05) is 42.5 Å². The molecule has 6 heteroatoms. The number of hydrogen-bond donors (Lipinski definition) is 3. The summed E-state index contributed by atoms with van der Waals surface area (Å²) in [6, 6.07) is 17.1. The minimum absolute atomic E-state index is 0.277. The molecule has 0 spiro atoms. The molecule has 6 nitrogen and oxygen atoms in total. The van der Waals surface area contributed by atoms with Gasteiger partial charge in [-0.25, -0.2) is 15.0 Å². The number of hydrogen-bond acceptors (Lipinski definition) is 5. The molecule has 4 rings (SSSR count). The van der Waals surface area contributed by atoms with Crippen LogP contribution in [-0.4, -0.2) is 31.6 Å². The molecule has 0 fully saturated rings. The lowest BCUT2D eigenvalue weighted by atomic mass is 10.1. The molecule has 4 aromatic rings. The zero-order valence-corrected chi connectivity index (χ0v) is 13.5. The molecule has 25 heavy (non-hydrogen) atoms. The first-order chi connectivity index (χ1) is 12.3. The van der Waals surface area contributed by atoms with Crippen molar-refractivity contribution in [3.63, 3.8) is 0 Å². The van der Waals surface area contributed by atoms with E-state index in [1.54, 1.807) is 18.5 Å². The average Bonchev–Trinajstić information content (AvgIpc) is 3.13. The van der Waals surface area contributed by atoms with Crippen LogP contribution in [0.2, 0.25) is 0 Å². The monoisotopic (exact) mass is 331 g/mol. The number of phenolic OH excluding ortho intramolecular Hbond substituents is 1. The van der Waals surface area contributed by atoms with Crippen molar-refractivity contribution in [1.29, 1.82) is 0 Å². The highest BCUT2D eigenvalue weighted by Crippen LogP contribution is 2.22. The SMILES string of the molecule is Oc1ccc(CCNc2nc(-c3ccccc3)nc3nc[nH]c23)cc1. The van der Waals surface area contributed by atoms with Crippen LogP contribution in [0.5, 0.6) is 5.75 Å². The van der Waals surface area contributed by atoms with E-state index in [1.165, 1.54) is 0 Å². The van der Waals surface area contributed by atoms with E-state index < -0.39 is 0 Å². The Morgan fingerprint density at radius 3 is 2.56 bits per heavy atom. The van der Waals surface area contributed by atoms with E-state index in [0.717, 1.165) is 28.9 Å².